The van der Waals surface area contributed by atoms with Crippen LogP contribution in [0.1, 0.15) is 19.4 Å². The maximum absolute atomic E-state index is 12.2. The Balaban J connectivity index is 1.62. The molecule has 1 heterocycles. The maximum Gasteiger partial charge on any atom is 0.267 e. The Hall–Kier alpha value is -3.41. The molecule has 0 fully saturated rings. The van der Waals surface area contributed by atoms with Crippen LogP contribution >= 0.6 is 0 Å². The summed E-state index contributed by atoms with van der Waals surface area (Å²) in [6.45, 7) is 4.33. The zero-order valence-corrected chi connectivity index (χ0v) is 16.7. The van der Waals surface area contributed by atoms with E-state index in [1.54, 1.807) is 6.07 Å². The lowest BCUT2D eigenvalue weighted by atomic mass is 10.1. The molecule has 0 saturated heterocycles. The van der Waals surface area contributed by atoms with E-state index in [0.717, 1.165) is 23.3 Å². The van der Waals surface area contributed by atoms with E-state index >= 15 is 0 Å². The van der Waals surface area contributed by atoms with Gasteiger partial charge in [-0.25, -0.2) is 4.68 Å². The largest absolute Gasteiger partial charge is 0.491 e. The van der Waals surface area contributed by atoms with Gasteiger partial charge < -0.3 is 10.1 Å². The monoisotopic (exact) mass is 391 g/mol. The van der Waals surface area contributed by atoms with Crippen LogP contribution in [0.2, 0.25) is 0 Å². The molecular formula is C23H25N3O3. The van der Waals surface area contributed by atoms with E-state index in [0.29, 0.717) is 12.2 Å². The van der Waals surface area contributed by atoms with Crippen molar-refractivity contribution in [1.82, 2.24) is 15.1 Å². The van der Waals surface area contributed by atoms with E-state index in [1.807, 2.05) is 68.4 Å². The molecule has 2 aromatic carbocycles. The summed E-state index contributed by atoms with van der Waals surface area (Å²) in [5.41, 5.74) is 2.30. The number of hydrogen-bond donors (Lipinski definition) is 1. The smallest absolute Gasteiger partial charge is 0.267 e. The third-order valence-electron chi connectivity index (χ3n) is 4.26. The van der Waals surface area contributed by atoms with Crippen molar-refractivity contribution in [2.45, 2.75) is 32.9 Å². The molecule has 1 amide bonds. The minimum Gasteiger partial charge on any atom is -0.491 e. The SMILES string of the molecule is CC(C)Oc1ccc(-c2ccc(=O)n(CC(=O)NCCc3ccccc3)n2)cc1. The van der Waals surface area contributed by atoms with Gasteiger partial charge in [-0.1, -0.05) is 30.3 Å². The zero-order chi connectivity index (χ0) is 20.6. The van der Waals surface area contributed by atoms with Crippen LogP contribution in [0.4, 0.5) is 0 Å². The summed E-state index contributed by atoms with van der Waals surface area (Å²) in [7, 11) is 0. The molecule has 0 aliphatic carbocycles. The highest BCUT2D eigenvalue weighted by Gasteiger charge is 2.08. The first-order chi connectivity index (χ1) is 14.0. The minimum atomic E-state index is -0.313. The summed E-state index contributed by atoms with van der Waals surface area (Å²) in [4.78, 5) is 24.3. The molecule has 3 rings (SSSR count). The Labute approximate surface area is 170 Å². The number of aromatic nitrogens is 2. The van der Waals surface area contributed by atoms with E-state index in [1.165, 1.54) is 10.7 Å². The van der Waals surface area contributed by atoms with Crippen LogP contribution < -0.4 is 15.6 Å². The standard InChI is InChI=1S/C23H25N3O3/c1-17(2)29-20-10-8-19(9-11-20)21-12-13-23(28)26(25-21)16-22(27)24-15-14-18-6-4-3-5-7-18/h3-13,17H,14-16H2,1-2H3,(H,24,27). The molecule has 6 heteroatoms. The quantitative estimate of drug-likeness (QED) is 0.641. The molecule has 0 aliphatic rings. The molecule has 0 bridgehead atoms. The van der Waals surface area contributed by atoms with Crippen molar-refractivity contribution < 1.29 is 9.53 Å². The topological polar surface area (TPSA) is 73.2 Å². The Kier molecular flexibility index (Phi) is 6.79. The first-order valence-electron chi connectivity index (χ1n) is 9.67. The predicted octanol–water partition coefficient (Wildman–Crippen LogP) is 3.06. The van der Waals surface area contributed by atoms with Gasteiger partial charge in [0.1, 0.15) is 12.3 Å². The maximum atomic E-state index is 12.2. The summed E-state index contributed by atoms with van der Waals surface area (Å²) < 4.78 is 6.83. The van der Waals surface area contributed by atoms with E-state index < -0.39 is 0 Å². The van der Waals surface area contributed by atoms with Gasteiger partial charge in [0.15, 0.2) is 0 Å². The molecule has 3 aromatic rings. The van der Waals surface area contributed by atoms with Crippen molar-refractivity contribution in [3.05, 3.63) is 82.6 Å². The van der Waals surface area contributed by atoms with Crippen molar-refractivity contribution in [2.24, 2.45) is 0 Å². The van der Waals surface area contributed by atoms with E-state index in [4.69, 9.17) is 4.74 Å². The van der Waals surface area contributed by atoms with Crippen LogP contribution in [0.5, 0.6) is 5.75 Å². The van der Waals surface area contributed by atoms with Crippen LogP contribution in [0.15, 0.2) is 71.5 Å². The number of hydrogen-bond acceptors (Lipinski definition) is 4. The molecule has 0 spiro atoms. The van der Waals surface area contributed by atoms with Crippen molar-refractivity contribution >= 4 is 5.91 Å². The molecule has 0 radical (unpaired) electrons. The van der Waals surface area contributed by atoms with Gasteiger partial charge in [0, 0.05) is 18.2 Å². The van der Waals surface area contributed by atoms with E-state index in [-0.39, 0.29) is 24.1 Å². The van der Waals surface area contributed by atoms with Crippen molar-refractivity contribution in [3.63, 3.8) is 0 Å². The molecule has 150 valence electrons. The van der Waals surface area contributed by atoms with Gasteiger partial charge in [-0.05, 0) is 56.2 Å². The van der Waals surface area contributed by atoms with Gasteiger partial charge in [-0.15, -0.1) is 0 Å². The lowest BCUT2D eigenvalue weighted by Crippen LogP contribution is -2.34. The number of carbonyl (C=O) groups excluding carboxylic acids is 1. The Bertz CT molecular complexity index is 996. The Morgan fingerprint density at radius 2 is 1.76 bits per heavy atom. The number of benzene rings is 2. The lowest BCUT2D eigenvalue weighted by Gasteiger charge is -2.11. The van der Waals surface area contributed by atoms with Crippen LogP contribution in [0.3, 0.4) is 0 Å². The van der Waals surface area contributed by atoms with Crippen LogP contribution in [-0.2, 0) is 17.8 Å². The highest BCUT2D eigenvalue weighted by molar-refractivity contribution is 5.75. The van der Waals surface area contributed by atoms with Crippen LogP contribution in [0.25, 0.3) is 11.3 Å². The average molecular weight is 391 g/mol. The summed E-state index contributed by atoms with van der Waals surface area (Å²) in [5.74, 6) is 0.531. The van der Waals surface area contributed by atoms with Gasteiger partial charge in [0.05, 0.1) is 11.8 Å². The molecule has 1 N–H and O–H groups in total. The van der Waals surface area contributed by atoms with Crippen LogP contribution in [-0.4, -0.2) is 28.3 Å². The van der Waals surface area contributed by atoms with Crippen molar-refractivity contribution in [1.29, 1.82) is 0 Å². The minimum absolute atomic E-state index is 0.0984. The molecule has 0 aliphatic heterocycles. The van der Waals surface area contributed by atoms with Crippen molar-refractivity contribution in [2.75, 3.05) is 6.54 Å². The second kappa shape index (κ2) is 9.68. The first-order valence-corrected chi connectivity index (χ1v) is 9.67. The third-order valence-corrected chi connectivity index (χ3v) is 4.26. The summed E-state index contributed by atoms with van der Waals surface area (Å²) in [5, 5.41) is 7.18. The van der Waals surface area contributed by atoms with Gasteiger partial charge in [0.2, 0.25) is 5.91 Å². The normalized spacial score (nSPS) is 10.7. The fraction of sp³-hybridized carbons (Fsp3) is 0.261. The number of nitrogens with zero attached hydrogens (tertiary/aromatic N) is 2. The Morgan fingerprint density at radius 1 is 1.03 bits per heavy atom. The highest BCUT2D eigenvalue weighted by Crippen LogP contribution is 2.20. The van der Waals surface area contributed by atoms with E-state index in [9.17, 15) is 9.59 Å². The second-order valence-electron chi connectivity index (χ2n) is 6.99. The van der Waals surface area contributed by atoms with Gasteiger partial charge in [-0.2, -0.15) is 5.10 Å². The summed E-state index contributed by atoms with van der Waals surface area (Å²) >= 11 is 0. The average Bonchev–Trinajstić information content (AvgIpc) is 2.71. The molecule has 29 heavy (non-hydrogen) atoms. The number of ether oxygens (including phenoxy) is 1. The molecule has 6 nitrogen and oxygen atoms in total. The van der Waals surface area contributed by atoms with Crippen LogP contribution in [0, 0.1) is 0 Å². The fourth-order valence-electron chi connectivity index (χ4n) is 2.88. The zero-order valence-electron chi connectivity index (χ0n) is 16.7. The number of nitrogens with one attached hydrogen (secondary N) is 1. The molecule has 0 saturated carbocycles. The third kappa shape index (κ3) is 6.04. The van der Waals surface area contributed by atoms with Gasteiger partial charge in [0.25, 0.3) is 5.56 Å². The first kappa shape index (κ1) is 20.3. The number of amides is 1. The number of rotatable bonds is 8. The Morgan fingerprint density at radius 3 is 2.45 bits per heavy atom. The molecule has 1 aromatic heterocycles. The lowest BCUT2D eigenvalue weighted by molar-refractivity contribution is -0.121. The fourth-order valence-corrected chi connectivity index (χ4v) is 2.88. The number of carbonyl (C=O) groups is 1. The molecule has 0 atom stereocenters. The van der Waals surface area contributed by atoms with Gasteiger partial charge >= 0.3 is 0 Å². The highest BCUT2D eigenvalue weighted by atomic mass is 16.5. The molecule has 0 unspecified atom stereocenters. The van der Waals surface area contributed by atoms with Gasteiger partial charge in [-0.3, -0.25) is 9.59 Å². The van der Waals surface area contributed by atoms with E-state index in [2.05, 4.69) is 10.4 Å². The van der Waals surface area contributed by atoms with Crippen molar-refractivity contribution in [3.8, 4) is 17.0 Å². The summed E-state index contributed by atoms with van der Waals surface area (Å²) in [6.07, 6.45) is 0.834. The molecular weight excluding hydrogens is 366 g/mol. The summed E-state index contributed by atoms with van der Waals surface area (Å²) in [6, 6.07) is 20.5. The second-order valence-corrected chi connectivity index (χ2v) is 6.99. The predicted molar refractivity (Wildman–Crippen MR) is 113 cm³/mol.